The van der Waals surface area contributed by atoms with Crippen molar-refractivity contribution < 1.29 is 13.2 Å². The van der Waals surface area contributed by atoms with Gasteiger partial charge in [-0.05, 0) is 37.7 Å². The average molecular weight is 387 g/mol. The van der Waals surface area contributed by atoms with Crippen LogP contribution in [0.15, 0.2) is 46.3 Å². The van der Waals surface area contributed by atoms with Gasteiger partial charge in [0.15, 0.2) is 0 Å². The molecule has 1 aromatic heterocycles. The smallest absolute Gasteiger partial charge is 0.266 e. The van der Waals surface area contributed by atoms with E-state index in [2.05, 4.69) is 12.0 Å². The molecule has 7 heteroatoms. The predicted octanol–water partition coefficient (Wildman–Crippen LogP) is 5.21. The molecule has 0 unspecified atom stereocenters. The molecule has 0 saturated heterocycles. The number of pyridine rings is 1. The Kier molecular flexibility index (Phi) is 5.68. The van der Waals surface area contributed by atoms with Crippen LogP contribution in [0.3, 0.4) is 0 Å². The summed E-state index contributed by atoms with van der Waals surface area (Å²) in [5.41, 5.74) is -1.97. The molecule has 1 aliphatic carbocycles. The Morgan fingerprint density at radius 3 is 2.39 bits per heavy atom. The molecule has 1 fully saturated rings. The molecule has 0 atom stereocenters. The Bertz CT molecular complexity index is 975. The van der Waals surface area contributed by atoms with E-state index in [0.29, 0.717) is 24.3 Å². The molecule has 0 radical (unpaired) electrons. The number of hydrogen-bond donors (Lipinski definition) is 0. The number of nitriles is 1. The fourth-order valence-electron chi connectivity index (χ4n) is 3.51. The minimum Gasteiger partial charge on any atom is -0.266 e. The maximum absolute atomic E-state index is 13.4. The second-order valence-corrected chi connectivity index (χ2v) is 6.93. The van der Waals surface area contributed by atoms with E-state index in [4.69, 9.17) is 0 Å². The summed E-state index contributed by atoms with van der Waals surface area (Å²) in [5, 5.41) is 13.6. The summed E-state index contributed by atoms with van der Waals surface area (Å²) >= 11 is 0. The molecule has 0 amide bonds. The lowest BCUT2D eigenvalue weighted by atomic mass is 9.86. The topological polar surface area (TPSA) is 58.1 Å². The molecule has 2 aromatic rings. The molecule has 1 aromatic carbocycles. The van der Waals surface area contributed by atoms with E-state index in [1.807, 2.05) is 0 Å². The quantitative estimate of drug-likeness (QED) is 0.726. The highest BCUT2D eigenvalue weighted by Gasteiger charge is 2.36. The van der Waals surface area contributed by atoms with Crippen LogP contribution in [0, 0.1) is 17.2 Å². The molecular weight excluding hydrogens is 367 g/mol. The Balaban J connectivity index is 2.21. The highest BCUT2D eigenvalue weighted by Crippen LogP contribution is 2.33. The van der Waals surface area contributed by atoms with Gasteiger partial charge < -0.3 is 0 Å². The number of halogens is 3. The van der Waals surface area contributed by atoms with Gasteiger partial charge in [-0.2, -0.15) is 28.2 Å². The van der Waals surface area contributed by atoms with Gasteiger partial charge in [-0.1, -0.05) is 43.7 Å². The van der Waals surface area contributed by atoms with Crippen molar-refractivity contribution in [1.82, 2.24) is 4.68 Å². The van der Waals surface area contributed by atoms with Crippen LogP contribution in [0.1, 0.15) is 50.2 Å². The van der Waals surface area contributed by atoms with Crippen LogP contribution < -0.4 is 5.56 Å². The number of aromatic nitrogens is 1. The number of benzene rings is 1. The molecule has 0 N–H and O–H groups in total. The van der Waals surface area contributed by atoms with Crippen LogP contribution in [-0.2, 0) is 6.18 Å². The molecule has 4 nitrogen and oxygen atoms in total. The van der Waals surface area contributed by atoms with Crippen LogP contribution in [0.2, 0.25) is 0 Å². The molecular formula is C21H20F3N3O. The van der Waals surface area contributed by atoms with Gasteiger partial charge in [0, 0.05) is 11.3 Å². The normalized spacial score (nSPS) is 17.2. The van der Waals surface area contributed by atoms with Gasteiger partial charge in [0.05, 0.1) is 11.3 Å². The first kappa shape index (κ1) is 19.9. The molecule has 0 spiro atoms. The van der Waals surface area contributed by atoms with Gasteiger partial charge in [0.25, 0.3) is 5.56 Å². The molecule has 0 aliphatic heterocycles. The van der Waals surface area contributed by atoms with E-state index in [0.717, 1.165) is 35.7 Å². The molecule has 146 valence electrons. The number of alkyl halides is 3. The van der Waals surface area contributed by atoms with Gasteiger partial charge in [-0.3, -0.25) is 4.79 Å². The lowest BCUT2D eigenvalue weighted by molar-refractivity contribution is -0.137. The van der Waals surface area contributed by atoms with E-state index in [9.17, 15) is 23.2 Å². The van der Waals surface area contributed by atoms with Crippen LogP contribution in [-0.4, -0.2) is 10.4 Å². The van der Waals surface area contributed by atoms with Crippen molar-refractivity contribution in [3.8, 4) is 17.3 Å². The lowest BCUT2D eigenvalue weighted by Crippen LogP contribution is -2.27. The van der Waals surface area contributed by atoms with Crippen molar-refractivity contribution >= 4 is 5.71 Å². The Morgan fingerprint density at radius 1 is 1.21 bits per heavy atom. The Labute approximate surface area is 160 Å². The van der Waals surface area contributed by atoms with E-state index in [-0.39, 0.29) is 5.69 Å². The lowest BCUT2D eigenvalue weighted by Gasteiger charge is -2.22. The number of hydrogen-bond acceptors (Lipinski definition) is 3. The average Bonchev–Trinajstić information content (AvgIpc) is 2.69. The highest BCUT2D eigenvalue weighted by atomic mass is 19.4. The van der Waals surface area contributed by atoms with Crippen molar-refractivity contribution in [1.29, 1.82) is 5.26 Å². The largest absolute Gasteiger partial charge is 0.417 e. The Hall–Kier alpha value is -2.88. The number of rotatable bonds is 3. The van der Waals surface area contributed by atoms with E-state index in [1.165, 1.54) is 6.07 Å². The molecule has 0 bridgehead atoms. The third-order valence-corrected chi connectivity index (χ3v) is 5.17. The SMILES string of the molecule is CCC1CCC(=Nn2c(-c3ccccc3)cc(C(F)(F)F)c(C#N)c2=O)CC1. The summed E-state index contributed by atoms with van der Waals surface area (Å²) in [6.07, 6.45) is -0.461. The minimum atomic E-state index is -4.81. The molecule has 28 heavy (non-hydrogen) atoms. The minimum absolute atomic E-state index is 0.0297. The van der Waals surface area contributed by atoms with Crippen molar-refractivity contribution in [3.63, 3.8) is 0 Å². The molecule has 3 rings (SSSR count). The summed E-state index contributed by atoms with van der Waals surface area (Å²) in [6.45, 7) is 2.12. The van der Waals surface area contributed by atoms with Gasteiger partial charge >= 0.3 is 6.18 Å². The summed E-state index contributed by atoms with van der Waals surface area (Å²) in [4.78, 5) is 12.8. The van der Waals surface area contributed by atoms with E-state index >= 15 is 0 Å². The van der Waals surface area contributed by atoms with Crippen LogP contribution in [0.4, 0.5) is 13.2 Å². The van der Waals surface area contributed by atoms with Crippen LogP contribution >= 0.6 is 0 Å². The van der Waals surface area contributed by atoms with E-state index in [1.54, 1.807) is 30.3 Å². The molecule has 1 saturated carbocycles. The van der Waals surface area contributed by atoms with Crippen LogP contribution in [0.5, 0.6) is 0 Å². The fourth-order valence-corrected chi connectivity index (χ4v) is 3.51. The maximum atomic E-state index is 13.4. The standard InChI is InChI=1S/C21H20F3N3O/c1-2-14-8-10-16(11-9-14)26-27-19(15-6-4-3-5-7-15)12-18(21(22,23)24)17(13-25)20(27)28/h3-7,12,14H,2,8-11H2,1H3. The summed E-state index contributed by atoms with van der Waals surface area (Å²) in [6, 6.07) is 10.6. The highest BCUT2D eigenvalue weighted by molar-refractivity contribution is 5.85. The summed E-state index contributed by atoms with van der Waals surface area (Å²) in [7, 11) is 0. The van der Waals surface area contributed by atoms with Crippen LogP contribution in [0.25, 0.3) is 11.3 Å². The first-order chi connectivity index (χ1) is 13.3. The first-order valence-corrected chi connectivity index (χ1v) is 9.24. The van der Waals surface area contributed by atoms with Crippen molar-refractivity contribution in [2.45, 2.75) is 45.2 Å². The Morgan fingerprint density at radius 2 is 1.86 bits per heavy atom. The van der Waals surface area contributed by atoms with Gasteiger partial charge in [0.1, 0.15) is 11.6 Å². The monoisotopic (exact) mass is 387 g/mol. The number of nitrogens with zero attached hydrogens (tertiary/aromatic N) is 3. The fraction of sp³-hybridized carbons (Fsp3) is 0.381. The maximum Gasteiger partial charge on any atom is 0.417 e. The summed E-state index contributed by atoms with van der Waals surface area (Å²) in [5.74, 6) is 0.603. The zero-order valence-electron chi connectivity index (χ0n) is 15.5. The zero-order valence-corrected chi connectivity index (χ0v) is 15.5. The zero-order chi connectivity index (χ0) is 20.3. The van der Waals surface area contributed by atoms with Crippen molar-refractivity contribution in [2.24, 2.45) is 11.0 Å². The van der Waals surface area contributed by atoms with Gasteiger partial charge in [-0.25, -0.2) is 0 Å². The second-order valence-electron chi connectivity index (χ2n) is 6.93. The first-order valence-electron chi connectivity index (χ1n) is 9.24. The van der Waals surface area contributed by atoms with Gasteiger partial charge in [0.2, 0.25) is 0 Å². The summed E-state index contributed by atoms with van der Waals surface area (Å²) < 4.78 is 41.3. The van der Waals surface area contributed by atoms with Crippen molar-refractivity contribution in [2.75, 3.05) is 0 Å². The van der Waals surface area contributed by atoms with E-state index < -0.39 is 22.9 Å². The van der Waals surface area contributed by atoms with Gasteiger partial charge in [-0.15, -0.1) is 0 Å². The second kappa shape index (κ2) is 8.01. The molecule has 1 aliphatic rings. The third kappa shape index (κ3) is 4.01. The predicted molar refractivity (Wildman–Crippen MR) is 101 cm³/mol. The van der Waals surface area contributed by atoms with Crippen molar-refractivity contribution in [3.05, 3.63) is 57.9 Å². The molecule has 1 heterocycles. The third-order valence-electron chi connectivity index (χ3n) is 5.17.